The third-order valence-electron chi connectivity index (χ3n) is 6.80. The van der Waals surface area contributed by atoms with Crippen LogP contribution in [0.3, 0.4) is 0 Å². The lowest BCUT2D eigenvalue weighted by molar-refractivity contribution is -0.0404. The minimum Gasteiger partial charge on any atom is -0.493 e. The number of halogens is 3. The van der Waals surface area contributed by atoms with Crippen LogP contribution >= 0.6 is 34.8 Å². The van der Waals surface area contributed by atoms with Gasteiger partial charge in [0.1, 0.15) is 16.6 Å². The Kier molecular flexibility index (Phi) is 10.5. The summed E-state index contributed by atoms with van der Waals surface area (Å²) in [6, 6.07) is 5.20. The summed E-state index contributed by atoms with van der Waals surface area (Å²) in [5.74, 6) is 0.891. The topological polar surface area (TPSA) is 91.6 Å². The van der Waals surface area contributed by atoms with Crippen LogP contribution in [-0.2, 0) is 15.8 Å². The van der Waals surface area contributed by atoms with Crippen LogP contribution in [0, 0.1) is 6.92 Å². The van der Waals surface area contributed by atoms with Crippen molar-refractivity contribution in [2.45, 2.75) is 65.7 Å². The van der Waals surface area contributed by atoms with E-state index in [-0.39, 0.29) is 16.8 Å². The number of rotatable bonds is 10. The molecule has 0 aliphatic carbocycles. The predicted octanol–water partition coefficient (Wildman–Crippen LogP) is 8.07. The first kappa shape index (κ1) is 32.1. The van der Waals surface area contributed by atoms with Gasteiger partial charge in [-0.05, 0) is 50.2 Å². The van der Waals surface area contributed by atoms with E-state index in [1.54, 1.807) is 36.1 Å². The molecule has 2 heterocycles. The summed E-state index contributed by atoms with van der Waals surface area (Å²) in [6.45, 7) is 15.3. The van der Waals surface area contributed by atoms with Crippen molar-refractivity contribution < 1.29 is 18.8 Å². The molecular formula is C27H36Cl3N5O4Si. The van der Waals surface area contributed by atoms with E-state index in [9.17, 15) is 4.79 Å². The van der Waals surface area contributed by atoms with Gasteiger partial charge in [-0.25, -0.2) is 19.8 Å². The summed E-state index contributed by atoms with van der Waals surface area (Å²) in [5, 5.41) is 6.64. The van der Waals surface area contributed by atoms with Crippen LogP contribution < -0.4 is 4.74 Å². The number of hydrogen-bond donors (Lipinski definition) is 0. The Bertz CT molecular complexity index is 1360. The standard InChI is InChI=1S/C27H36Cl3N5O4Si/c1-9-35-23(21(29)16-31-35)22-17(2)24(30)33-25(32-22)19-15-18(11-12-20(19)28)37-13-10-14-38-26(36)34(6)39-40(7,8)27(3,4)5/h11-12,15-16H,9-10,13-14H2,1-8H3. The second-order valence-electron chi connectivity index (χ2n) is 10.8. The van der Waals surface area contributed by atoms with Crippen LogP contribution in [0.4, 0.5) is 4.79 Å². The molecule has 0 bridgehead atoms. The molecule has 3 aromatic rings. The zero-order chi connectivity index (χ0) is 29.8. The number of hydrogen-bond acceptors (Lipinski definition) is 7. The maximum absolute atomic E-state index is 12.4. The Morgan fingerprint density at radius 2 is 1.80 bits per heavy atom. The van der Waals surface area contributed by atoms with Gasteiger partial charge in [0.05, 0.1) is 35.1 Å². The molecule has 0 atom stereocenters. The predicted molar refractivity (Wildman–Crippen MR) is 162 cm³/mol. The fourth-order valence-corrected chi connectivity index (χ4v) is 5.09. The molecule has 0 saturated carbocycles. The lowest BCUT2D eigenvalue weighted by atomic mass is 10.1. The number of hydroxylamine groups is 2. The van der Waals surface area contributed by atoms with Gasteiger partial charge in [0.2, 0.25) is 8.32 Å². The lowest BCUT2D eigenvalue weighted by Gasteiger charge is -2.37. The number of carbonyl (C=O) groups excluding carboxylic acids is 1. The number of aryl methyl sites for hydroxylation is 1. The smallest absolute Gasteiger partial charge is 0.432 e. The third-order valence-corrected chi connectivity index (χ3v) is 12.1. The minimum atomic E-state index is -2.14. The van der Waals surface area contributed by atoms with Crippen molar-refractivity contribution in [1.82, 2.24) is 24.8 Å². The monoisotopic (exact) mass is 627 g/mol. The van der Waals surface area contributed by atoms with Gasteiger partial charge in [0.25, 0.3) is 0 Å². The molecule has 0 unspecified atom stereocenters. The highest BCUT2D eigenvalue weighted by atomic mass is 35.5. The van der Waals surface area contributed by atoms with E-state index < -0.39 is 14.4 Å². The molecule has 0 aliphatic rings. The van der Waals surface area contributed by atoms with E-state index in [0.29, 0.717) is 63.7 Å². The van der Waals surface area contributed by atoms with E-state index in [0.717, 1.165) is 0 Å². The molecule has 40 heavy (non-hydrogen) atoms. The summed E-state index contributed by atoms with van der Waals surface area (Å²) in [7, 11) is -0.568. The SMILES string of the molecule is CCn1ncc(Cl)c1-c1nc(-c2cc(OCCCOC(=O)N(C)O[Si](C)(C)C(C)(C)C)ccc2Cl)nc(Cl)c1C. The summed E-state index contributed by atoms with van der Waals surface area (Å²) < 4.78 is 18.9. The first-order valence-electron chi connectivity index (χ1n) is 12.9. The van der Waals surface area contributed by atoms with Crippen LogP contribution in [0.5, 0.6) is 5.75 Å². The molecular weight excluding hydrogens is 593 g/mol. The van der Waals surface area contributed by atoms with Gasteiger partial charge in [-0.3, -0.25) is 4.68 Å². The maximum Gasteiger partial charge on any atom is 0.432 e. The highest BCUT2D eigenvalue weighted by Crippen LogP contribution is 2.37. The van der Waals surface area contributed by atoms with Crippen molar-refractivity contribution >= 4 is 49.2 Å². The van der Waals surface area contributed by atoms with Crippen molar-refractivity contribution in [1.29, 1.82) is 0 Å². The fourth-order valence-electron chi connectivity index (χ4n) is 3.46. The first-order valence-corrected chi connectivity index (χ1v) is 17.0. The fraction of sp³-hybridized carbons (Fsp3) is 0.481. The van der Waals surface area contributed by atoms with Crippen molar-refractivity contribution in [3.05, 3.63) is 45.2 Å². The van der Waals surface area contributed by atoms with Crippen molar-refractivity contribution in [2.24, 2.45) is 0 Å². The summed E-state index contributed by atoms with van der Waals surface area (Å²) in [6.07, 6.45) is 1.52. The van der Waals surface area contributed by atoms with E-state index in [1.807, 2.05) is 13.8 Å². The number of carbonyl (C=O) groups is 1. The Morgan fingerprint density at radius 3 is 2.45 bits per heavy atom. The van der Waals surface area contributed by atoms with E-state index in [2.05, 4.69) is 43.9 Å². The molecule has 0 radical (unpaired) electrons. The third kappa shape index (κ3) is 7.47. The van der Waals surface area contributed by atoms with Crippen molar-refractivity contribution in [3.63, 3.8) is 0 Å². The Morgan fingerprint density at radius 1 is 1.10 bits per heavy atom. The molecule has 0 saturated heterocycles. The van der Waals surface area contributed by atoms with E-state index in [4.69, 9.17) is 53.8 Å². The largest absolute Gasteiger partial charge is 0.493 e. The van der Waals surface area contributed by atoms with Gasteiger partial charge < -0.3 is 14.0 Å². The van der Waals surface area contributed by atoms with Crippen LogP contribution in [0.15, 0.2) is 24.4 Å². The molecule has 0 N–H and O–H groups in total. The first-order chi connectivity index (χ1) is 18.7. The molecule has 3 rings (SSSR count). The number of benzene rings is 1. The highest BCUT2D eigenvalue weighted by Gasteiger charge is 2.40. The molecule has 218 valence electrons. The quantitative estimate of drug-likeness (QED) is 0.0970. The molecule has 0 fully saturated rings. The van der Waals surface area contributed by atoms with Gasteiger partial charge in [-0.15, -0.1) is 0 Å². The zero-order valence-corrected chi connectivity index (χ0v) is 27.4. The zero-order valence-electron chi connectivity index (χ0n) is 24.1. The minimum absolute atomic E-state index is 0.0333. The molecule has 1 amide bonds. The van der Waals surface area contributed by atoms with Gasteiger partial charge in [0.15, 0.2) is 5.82 Å². The van der Waals surface area contributed by atoms with Crippen molar-refractivity contribution in [3.8, 4) is 28.5 Å². The average Bonchev–Trinajstić information content (AvgIpc) is 3.25. The van der Waals surface area contributed by atoms with Crippen LogP contribution in [0.2, 0.25) is 33.3 Å². The highest BCUT2D eigenvalue weighted by molar-refractivity contribution is 6.74. The lowest BCUT2D eigenvalue weighted by Crippen LogP contribution is -2.47. The van der Waals surface area contributed by atoms with Gasteiger partial charge in [-0.1, -0.05) is 55.6 Å². The van der Waals surface area contributed by atoms with E-state index >= 15 is 0 Å². The molecule has 1 aromatic carbocycles. The van der Waals surface area contributed by atoms with E-state index in [1.165, 1.54) is 5.06 Å². The molecule has 13 heteroatoms. The molecule has 0 spiro atoms. The molecule has 9 nitrogen and oxygen atoms in total. The second kappa shape index (κ2) is 13.1. The normalized spacial score (nSPS) is 12.0. The second-order valence-corrected chi connectivity index (χ2v) is 16.7. The number of amides is 1. The number of nitrogens with zero attached hydrogens (tertiary/aromatic N) is 5. The van der Waals surface area contributed by atoms with Crippen LogP contribution in [-0.4, -0.2) is 59.5 Å². The summed E-state index contributed by atoms with van der Waals surface area (Å²) in [5.41, 5.74) is 2.47. The number of aromatic nitrogens is 4. The summed E-state index contributed by atoms with van der Waals surface area (Å²) >= 11 is 19.4. The Hall–Kier alpha value is -2.37. The van der Waals surface area contributed by atoms with Gasteiger partial charge in [-0.2, -0.15) is 5.10 Å². The molecule has 0 aliphatic heterocycles. The van der Waals surface area contributed by atoms with Crippen LogP contribution in [0.25, 0.3) is 22.8 Å². The molecule has 2 aromatic heterocycles. The summed E-state index contributed by atoms with van der Waals surface area (Å²) in [4.78, 5) is 21.6. The Labute approximate surface area is 251 Å². The maximum atomic E-state index is 12.4. The van der Waals surface area contributed by atoms with Crippen molar-refractivity contribution in [2.75, 3.05) is 20.3 Å². The van der Waals surface area contributed by atoms with Gasteiger partial charge in [0, 0.05) is 31.1 Å². The number of ether oxygens (including phenoxy) is 2. The van der Waals surface area contributed by atoms with Crippen LogP contribution in [0.1, 0.15) is 39.7 Å². The van der Waals surface area contributed by atoms with Gasteiger partial charge >= 0.3 is 6.09 Å². The average molecular weight is 629 g/mol. The Balaban J connectivity index is 1.66.